The number of allylic oxidation sites excluding steroid dienone is 1. The molecule has 0 unspecified atom stereocenters. The molecule has 1 radical (unpaired) electrons. The van der Waals surface area contributed by atoms with Crippen LogP contribution in [-0.4, -0.2) is 82.7 Å². The number of aliphatic carboxylic acids is 3. The molecule has 241 valence electrons. The van der Waals surface area contributed by atoms with Crippen molar-refractivity contribution in [1.29, 1.82) is 0 Å². The minimum atomic E-state index is -1.23. The van der Waals surface area contributed by atoms with Crippen LogP contribution in [0.1, 0.15) is 96.0 Å². The summed E-state index contributed by atoms with van der Waals surface area (Å²) in [6.45, 7) is 13.7. The standard InChI is InChI=1S/C34H36N4O6.Cu.Na.H/c1-7-19-15(3)23-12-25-17(5)21(9-10-29(39)40)32(37-25)22(11-30(41)42)33-31(34(43)44)18(6)26(38-33)14-28-20(8-2)16(4)24(36-28)13-27(19)35-23;;;/h7,12-14,17,21,35-36H,1,8-11H2,2-6H3,(H,39,40)(H,41,42)(H,43,44);;;/t17-,21-;;;/m0.../s1. The SMILES string of the molecule is C=Cc1c(C)c2cc3nc(c(CC(=O)O)c4nc(cc5[nH]c(cc1[nH]2)c(C)c5CC)C(C)=C4C(=O)O)[C@@H](CCC(=O)O)[C@@H]3C.[Cu].[NaH]. The number of hydrogen-bond acceptors (Lipinski definition) is 5. The Labute approximate surface area is 299 Å². The Bertz CT molecular complexity index is 1960. The number of nitrogens with one attached hydrogen (secondary N) is 2. The number of hydrogen-bond donors (Lipinski definition) is 5. The van der Waals surface area contributed by atoms with Gasteiger partial charge in [-0.1, -0.05) is 26.5 Å². The van der Waals surface area contributed by atoms with Crippen LogP contribution in [0.2, 0.25) is 0 Å². The summed E-state index contributed by atoms with van der Waals surface area (Å²) >= 11 is 0. The van der Waals surface area contributed by atoms with Crippen LogP contribution in [0.4, 0.5) is 0 Å². The second kappa shape index (κ2) is 14.5. The molecule has 0 aromatic carbocycles. The third kappa shape index (κ3) is 6.66. The predicted molar refractivity (Wildman–Crippen MR) is 177 cm³/mol. The summed E-state index contributed by atoms with van der Waals surface area (Å²) in [5, 5.41) is 29.9. The van der Waals surface area contributed by atoms with Crippen LogP contribution in [0, 0.1) is 13.8 Å². The molecule has 5 N–H and O–H groups in total. The van der Waals surface area contributed by atoms with Gasteiger partial charge in [0.15, 0.2) is 0 Å². The van der Waals surface area contributed by atoms with Gasteiger partial charge in [0.25, 0.3) is 0 Å². The number of carboxylic acids is 3. The molecule has 0 spiro atoms. The zero-order valence-electron chi connectivity index (χ0n) is 25.8. The van der Waals surface area contributed by atoms with Gasteiger partial charge in [-0.2, -0.15) is 0 Å². The van der Waals surface area contributed by atoms with Crippen molar-refractivity contribution in [3.05, 3.63) is 75.4 Å². The fourth-order valence-corrected chi connectivity index (χ4v) is 6.53. The number of aromatic amines is 2. The fourth-order valence-electron chi connectivity index (χ4n) is 6.53. The summed E-state index contributed by atoms with van der Waals surface area (Å²) in [4.78, 5) is 53.2. The van der Waals surface area contributed by atoms with E-state index in [0.29, 0.717) is 29.1 Å². The molecule has 2 aliphatic heterocycles. The normalized spacial score (nSPS) is 15.6. The van der Waals surface area contributed by atoms with E-state index in [1.165, 1.54) is 0 Å². The van der Waals surface area contributed by atoms with Crippen molar-refractivity contribution in [3.8, 4) is 0 Å². The van der Waals surface area contributed by atoms with Crippen molar-refractivity contribution < 1.29 is 46.8 Å². The van der Waals surface area contributed by atoms with E-state index >= 15 is 0 Å². The number of aromatic nitrogens is 4. The molecule has 46 heavy (non-hydrogen) atoms. The molecular formula is C34H37CuN4NaO6. The molecular weight excluding hydrogens is 647 g/mol. The molecule has 2 atom stereocenters. The molecule has 3 aromatic heterocycles. The summed E-state index contributed by atoms with van der Waals surface area (Å²) in [5.41, 5.74) is 9.23. The van der Waals surface area contributed by atoms with Crippen molar-refractivity contribution in [1.82, 2.24) is 19.9 Å². The van der Waals surface area contributed by atoms with Crippen molar-refractivity contribution in [3.63, 3.8) is 0 Å². The van der Waals surface area contributed by atoms with Gasteiger partial charge in [0.05, 0.1) is 29.1 Å². The molecule has 10 nitrogen and oxygen atoms in total. The first kappa shape index (κ1) is 37.0. The van der Waals surface area contributed by atoms with Gasteiger partial charge in [0.2, 0.25) is 0 Å². The number of H-pyrrole nitrogens is 2. The molecule has 5 heterocycles. The number of carbonyl (C=O) groups is 3. The molecule has 0 saturated heterocycles. The maximum atomic E-state index is 12.7. The molecule has 0 fully saturated rings. The van der Waals surface area contributed by atoms with E-state index in [1.807, 2.05) is 45.9 Å². The Balaban J connectivity index is 0.00000288. The van der Waals surface area contributed by atoms with Gasteiger partial charge >= 0.3 is 47.5 Å². The van der Waals surface area contributed by atoms with E-state index in [9.17, 15) is 29.7 Å². The van der Waals surface area contributed by atoms with Gasteiger partial charge in [-0.3, -0.25) is 14.6 Å². The van der Waals surface area contributed by atoms with Crippen LogP contribution >= 0.6 is 0 Å². The molecule has 0 amide bonds. The van der Waals surface area contributed by atoms with Gasteiger partial charge in [-0.05, 0) is 74.1 Å². The number of aryl methyl sites for hydroxylation is 3. The van der Waals surface area contributed by atoms with E-state index in [2.05, 4.69) is 16.5 Å². The fraction of sp³-hybridized carbons (Fsp3) is 0.324. The second-order valence-electron chi connectivity index (χ2n) is 11.5. The molecule has 5 rings (SSSR count). The zero-order valence-corrected chi connectivity index (χ0v) is 26.7. The van der Waals surface area contributed by atoms with Gasteiger partial charge in [0.1, 0.15) is 0 Å². The van der Waals surface area contributed by atoms with E-state index in [1.54, 1.807) is 13.0 Å². The quantitative estimate of drug-likeness (QED) is 0.183. The van der Waals surface area contributed by atoms with Crippen LogP contribution in [0.3, 0.4) is 0 Å². The number of nitrogens with zero attached hydrogens (tertiary/aromatic N) is 2. The Morgan fingerprint density at radius 1 is 0.913 bits per heavy atom. The van der Waals surface area contributed by atoms with Crippen molar-refractivity contribution in [2.45, 2.75) is 72.1 Å². The number of fused-ring (bicyclic) bond motifs is 8. The predicted octanol–water partition coefficient (Wildman–Crippen LogP) is 5.88. The summed E-state index contributed by atoms with van der Waals surface area (Å²) in [6.07, 6.45) is 2.03. The third-order valence-corrected chi connectivity index (χ3v) is 8.94. The minimum absolute atomic E-state index is 0. The number of rotatable bonds is 8. The van der Waals surface area contributed by atoms with Crippen molar-refractivity contribution >= 4 is 86.8 Å². The first-order chi connectivity index (χ1) is 20.9. The Kier molecular flexibility index (Phi) is 11.7. The van der Waals surface area contributed by atoms with Crippen molar-refractivity contribution in [2.24, 2.45) is 0 Å². The van der Waals surface area contributed by atoms with E-state index < -0.39 is 30.2 Å². The molecule has 0 aliphatic carbocycles. The topological polar surface area (TPSA) is 169 Å². The number of carboxylic acid groups (broad SMARTS) is 3. The van der Waals surface area contributed by atoms with Crippen LogP contribution in [0.25, 0.3) is 39.3 Å². The van der Waals surface area contributed by atoms with Gasteiger partial charge in [-0.25, -0.2) is 9.78 Å². The summed E-state index contributed by atoms with van der Waals surface area (Å²) in [6, 6.07) is 5.75. The van der Waals surface area contributed by atoms with E-state index in [-0.39, 0.29) is 82.2 Å². The van der Waals surface area contributed by atoms with Gasteiger partial charge < -0.3 is 25.3 Å². The second-order valence-corrected chi connectivity index (χ2v) is 11.5. The molecule has 8 bridgehead atoms. The van der Waals surface area contributed by atoms with Crippen molar-refractivity contribution in [2.75, 3.05) is 0 Å². The summed E-state index contributed by atoms with van der Waals surface area (Å²) in [7, 11) is 0. The first-order valence-corrected chi connectivity index (χ1v) is 14.6. The summed E-state index contributed by atoms with van der Waals surface area (Å²) < 4.78 is 0. The summed E-state index contributed by atoms with van der Waals surface area (Å²) in [5.74, 6) is -4.13. The van der Waals surface area contributed by atoms with Gasteiger partial charge in [0, 0.05) is 74.2 Å². The van der Waals surface area contributed by atoms with Crippen LogP contribution < -0.4 is 0 Å². The van der Waals surface area contributed by atoms with Crippen LogP contribution in [-0.2, 0) is 44.3 Å². The molecule has 3 aromatic rings. The van der Waals surface area contributed by atoms with E-state index in [0.717, 1.165) is 44.3 Å². The molecule has 0 saturated carbocycles. The van der Waals surface area contributed by atoms with Gasteiger partial charge in [-0.15, -0.1) is 0 Å². The Hall–Kier alpha value is -3.47. The van der Waals surface area contributed by atoms with Crippen LogP contribution in [0.5, 0.6) is 0 Å². The van der Waals surface area contributed by atoms with Crippen LogP contribution in [0.15, 0.2) is 24.8 Å². The first-order valence-electron chi connectivity index (χ1n) is 14.6. The Morgan fingerprint density at radius 3 is 2.15 bits per heavy atom. The molecule has 12 heteroatoms. The van der Waals surface area contributed by atoms with E-state index in [4.69, 9.17) is 9.97 Å². The molecule has 2 aliphatic rings. The maximum absolute atomic E-state index is 12.7. The third-order valence-electron chi connectivity index (χ3n) is 8.94. The average Bonchev–Trinajstić information content (AvgIpc) is 3.63. The monoisotopic (exact) mass is 683 g/mol. The average molecular weight is 684 g/mol. The Morgan fingerprint density at radius 2 is 1.57 bits per heavy atom. The zero-order chi connectivity index (χ0) is 32.0.